The van der Waals surface area contributed by atoms with E-state index in [1.165, 1.54) is 0 Å². The first-order valence-corrected chi connectivity index (χ1v) is 7.67. The van der Waals surface area contributed by atoms with Crippen molar-refractivity contribution in [2.45, 2.75) is 26.8 Å². The van der Waals surface area contributed by atoms with Gasteiger partial charge in [0.1, 0.15) is 6.54 Å². The lowest BCUT2D eigenvalue weighted by Crippen LogP contribution is -3.00. The highest BCUT2D eigenvalue weighted by Crippen LogP contribution is 2.26. The molecule has 3 aromatic heterocycles. The first kappa shape index (κ1) is 15.8. The van der Waals surface area contributed by atoms with E-state index in [0.717, 1.165) is 38.8 Å². The molecule has 0 bridgehead atoms. The van der Waals surface area contributed by atoms with E-state index >= 15 is 0 Å². The molecule has 0 N–H and O–H groups in total. The molecule has 0 saturated carbocycles. The van der Waals surface area contributed by atoms with Crippen LogP contribution in [0.25, 0.3) is 15.5 Å². The Morgan fingerprint density at radius 1 is 1.35 bits per heavy atom. The second kappa shape index (κ2) is 6.44. The lowest BCUT2D eigenvalue weighted by Gasteiger charge is -1.98. The van der Waals surface area contributed by atoms with Crippen LogP contribution in [-0.4, -0.2) is 19.8 Å². The molecular formula is C12H13BrIN5S. The zero-order valence-electron chi connectivity index (χ0n) is 11.0. The molecule has 0 fully saturated rings. The maximum Gasteiger partial charge on any atom is 0.234 e. The maximum atomic E-state index is 4.56. The van der Waals surface area contributed by atoms with Gasteiger partial charge in [-0.25, -0.2) is 4.57 Å². The number of pyridine rings is 1. The number of fused-ring (bicyclic) bond motifs is 1. The van der Waals surface area contributed by atoms with Crippen molar-refractivity contribution >= 4 is 32.2 Å². The van der Waals surface area contributed by atoms with E-state index in [2.05, 4.69) is 61.2 Å². The predicted molar refractivity (Wildman–Crippen MR) is 77.0 cm³/mol. The average Bonchev–Trinajstić information content (AvgIpc) is 2.92. The predicted octanol–water partition coefficient (Wildman–Crippen LogP) is -0.375. The van der Waals surface area contributed by atoms with Gasteiger partial charge in [0.2, 0.25) is 4.96 Å². The van der Waals surface area contributed by atoms with Crippen molar-refractivity contribution in [2.24, 2.45) is 0 Å². The van der Waals surface area contributed by atoms with Crippen LogP contribution in [0.2, 0.25) is 0 Å². The van der Waals surface area contributed by atoms with Crippen molar-refractivity contribution < 1.29 is 28.5 Å². The van der Waals surface area contributed by atoms with Crippen LogP contribution >= 0.6 is 27.3 Å². The Balaban J connectivity index is 0.00000147. The van der Waals surface area contributed by atoms with E-state index in [-0.39, 0.29) is 24.0 Å². The fraction of sp³-hybridized carbons (Fsp3) is 0.333. The SMILES string of the molecule is CCC[n+]1cc(Br)cc(-c2nn3c(C)nnc3s2)c1.[I-]. The maximum absolute atomic E-state index is 4.56. The molecule has 20 heavy (non-hydrogen) atoms. The molecule has 0 unspecified atom stereocenters. The lowest BCUT2D eigenvalue weighted by atomic mass is 10.3. The Hall–Kier alpha value is -0.610. The molecule has 0 aliphatic heterocycles. The van der Waals surface area contributed by atoms with Gasteiger partial charge >= 0.3 is 0 Å². The van der Waals surface area contributed by atoms with Crippen molar-refractivity contribution in [3.8, 4) is 10.6 Å². The van der Waals surface area contributed by atoms with Crippen LogP contribution in [0.1, 0.15) is 19.2 Å². The van der Waals surface area contributed by atoms with Gasteiger partial charge in [0.25, 0.3) is 0 Å². The molecule has 0 atom stereocenters. The number of halogens is 2. The summed E-state index contributed by atoms with van der Waals surface area (Å²) >= 11 is 5.10. The molecule has 5 nitrogen and oxygen atoms in total. The quantitative estimate of drug-likeness (QED) is 0.391. The summed E-state index contributed by atoms with van der Waals surface area (Å²) in [7, 11) is 0. The number of nitrogens with zero attached hydrogens (tertiary/aromatic N) is 5. The first-order chi connectivity index (χ1) is 9.17. The normalized spacial score (nSPS) is 10.8. The first-order valence-electron chi connectivity index (χ1n) is 6.06. The molecule has 3 rings (SSSR count). The van der Waals surface area contributed by atoms with E-state index in [9.17, 15) is 0 Å². The molecule has 8 heteroatoms. The van der Waals surface area contributed by atoms with Crippen molar-refractivity contribution in [2.75, 3.05) is 0 Å². The van der Waals surface area contributed by atoms with E-state index in [1.54, 1.807) is 15.9 Å². The Morgan fingerprint density at radius 3 is 2.85 bits per heavy atom. The second-order valence-corrected chi connectivity index (χ2v) is 6.20. The molecule has 0 aromatic carbocycles. The van der Waals surface area contributed by atoms with Gasteiger partial charge in [-0.2, -0.15) is 9.61 Å². The number of aromatic nitrogens is 5. The van der Waals surface area contributed by atoms with E-state index in [0.29, 0.717) is 0 Å². The van der Waals surface area contributed by atoms with Crippen LogP contribution in [-0.2, 0) is 6.54 Å². The Labute approximate surface area is 146 Å². The van der Waals surface area contributed by atoms with Crippen molar-refractivity contribution in [3.05, 3.63) is 28.8 Å². The van der Waals surface area contributed by atoms with Crippen LogP contribution in [0.5, 0.6) is 0 Å². The van der Waals surface area contributed by atoms with Crippen LogP contribution in [0.15, 0.2) is 22.9 Å². The van der Waals surface area contributed by atoms with Crippen molar-refractivity contribution in [1.29, 1.82) is 0 Å². The number of aryl methyl sites for hydroxylation is 2. The molecule has 0 radical (unpaired) electrons. The smallest absolute Gasteiger partial charge is 0.234 e. The molecule has 0 amide bonds. The summed E-state index contributed by atoms with van der Waals surface area (Å²) in [6.07, 6.45) is 5.30. The topological polar surface area (TPSA) is 47.0 Å². The Kier molecular flexibility index (Phi) is 5.08. The summed E-state index contributed by atoms with van der Waals surface area (Å²) < 4.78 is 5.01. The molecule has 0 aliphatic rings. The molecule has 0 aliphatic carbocycles. The van der Waals surface area contributed by atoms with Crippen LogP contribution < -0.4 is 28.5 Å². The van der Waals surface area contributed by atoms with Crippen LogP contribution in [0, 0.1) is 6.92 Å². The second-order valence-electron chi connectivity index (χ2n) is 4.33. The average molecular weight is 466 g/mol. The third-order valence-electron chi connectivity index (χ3n) is 2.76. The van der Waals surface area contributed by atoms with Gasteiger partial charge in [0.05, 0.1) is 10.0 Å². The Bertz CT molecular complexity index is 739. The number of hydrogen-bond donors (Lipinski definition) is 0. The van der Waals surface area contributed by atoms with Crippen molar-refractivity contribution in [1.82, 2.24) is 19.8 Å². The highest BCUT2D eigenvalue weighted by atomic mass is 127. The minimum atomic E-state index is 0. The van der Waals surface area contributed by atoms with Gasteiger partial charge in [-0.15, -0.1) is 10.2 Å². The van der Waals surface area contributed by atoms with Gasteiger partial charge in [0, 0.05) is 6.42 Å². The summed E-state index contributed by atoms with van der Waals surface area (Å²) in [6.45, 7) is 5.07. The summed E-state index contributed by atoms with van der Waals surface area (Å²) in [5.74, 6) is 0.814. The zero-order valence-corrected chi connectivity index (χ0v) is 15.6. The van der Waals surface area contributed by atoms with Gasteiger partial charge in [-0.05, 0) is 28.9 Å². The largest absolute Gasteiger partial charge is 1.00 e. The van der Waals surface area contributed by atoms with Gasteiger partial charge in [0.15, 0.2) is 23.2 Å². The molecule has 3 aromatic rings. The Morgan fingerprint density at radius 2 is 2.15 bits per heavy atom. The molecule has 0 saturated heterocycles. The summed E-state index contributed by atoms with van der Waals surface area (Å²) in [4.78, 5) is 0.828. The van der Waals surface area contributed by atoms with Crippen LogP contribution in [0.4, 0.5) is 0 Å². The summed E-state index contributed by atoms with van der Waals surface area (Å²) in [6, 6.07) is 2.08. The molecular weight excluding hydrogens is 453 g/mol. The fourth-order valence-corrected chi connectivity index (χ4v) is 3.31. The van der Waals surface area contributed by atoms with Gasteiger partial charge < -0.3 is 24.0 Å². The van der Waals surface area contributed by atoms with E-state index < -0.39 is 0 Å². The summed E-state index contributed by atoms with van der Waals surface area (Å²) in [5, 5.41) is 13.6. The van der Waals surface area contributed by atoms with E-state index in [1.807, 2.05) is 6.92 Å². The third-order valence-corrected chi connectivity index (χ3v) is 4.14. The molecule has 3 heterocycles. The molecule has 106 valence electrons. The lowest BCUT2D eigenvalue weighted by molar-refractivity contribution is -0.697. The van der Waals surface area contributed by atoms with E-state index in [4.69, 9.17) is 0 Å². The van der Waals surface area contributed by atoms with Crippen molar-refractivity contribution in [3.63, 3.8) is 0 Å². The summed E-state index contributed by atoms with van der Waals surface area (Å²) in [5.41, 5.74) is 1.10. The highest BCUT2D eigenvalue weighted by Gasteiger charge is 2.14. The number of rotatable bonds is 3. The minimum absolute atomic E-state index is 0. The monoisotopic (exact) mass is 465 g/mol. The fourth-order valence-electron chi connectivity index (χ4n) is 1.93. The zero-order chi connectivity index (χ0) is 13.4. The van der Waals surface area contributed by atoms with Gasteiger partial charge in [-0.3, -0.25) is 0 Å². The highest BCUT2D eigenvalue weighted by molar-refractivity contribution is 9.10. The minimum Gasteiger partial charge on any atom is -1.00 e. The standard InChI is InChI=1S/C12H13BrN5S.HI/c1-3-4-17-6-9(5-10(13)7-17)11-16-18-8(2)14-15-12(18)19-11;/h5-7H,3-4H2,1-2H3;1H/q+1;/p-1. The van der Waals surface area contributed by atoms with Gasteiger partial charge in [-0.1, -0.05) is 18.3 Å². The number of hydrogen-bond acceptors (Lipinski definition) is 4. The molecule has 0 spiro atoms. The third kappa shape index (κ3) is 3.01. The van der Waals surface area contributed by atoms with Crippen LogP contribution in [0.3, 0.4) is 0 Å².